The van der Waals surface area contributed by atoms with Crippen molar-refractivity contribution in [1.82, 2.24) is 0 Å². The second-order valence-electron chi connectivity index (χ2n) is 13.3. The fourth-order valence-corrected chi connectivity index (χ4v) is 3.77. The molecule has 8 nitrogen and oxygen atoms in total. The van der Waals surface area contributed by atoms with Crippen LogP contribution in [0.3, 0.4) is 0 Å². The van der Waals surface area contributed by atoms with Crippen molar-refractivity contribution in [1.29, 1.82) is 0 Å². The van der Waals surface area contributed by atoms with Crippen molar-refractivity contribution in [2.45, 2.75) is 69.2 Å². The van der Waals surface area contributed by atoms with Crippen LogP contribution in [0.4, 0.5) is 0 Å². The van der Waals surface area contributed by atoms with E-state index in [9.17, 15) is 4.79 Å². The maximum absolute atomic E-state index is 12.2. The summed E-state index contributed by atoms with van der Waals surface area (Å²) < 4.78 is 42.7. The summed E-state index contributed by atoms with van der Waals surface area (Å²) in [5, 5.41) is 0. The van der Waals surface area contributed by atoms with Crippen LogP contribution in [0.25, 0.3) is 0 Å². The first-order valence-electron chi connectivity index (χ1n) is 16.2. The smallest absolute Gasteiger partial charge is 0.330 e. The molecule has 0 atom stereocenters. The molecule has 0 aliphatic heterocycles. The molecule has 0 aromatic carbocycles. The van der Waals surface area contributed by atoms with Crippen molar-refractivity contribution in [2.24, 2.45) is 10.8 Å². The first kappa shape index (κ1) is 43.7. The molecule has 0 bridgehead atoms. The van der Waals surface area contributed by atoms with Gasteiger partial charge in [-0.05, 0) is 69.2 Å². The van der Waals surface area contributed by atoms with Crippen LogP contribution < -0.4 is 0 Å². The molecule has 264 valence electrons. The maximum atomic E-state index is 12.2. The molecule has 0 amide bonds. The third-order valence-electron chi connectivity index (χ3n) is 6.59. The van der Waals surface area contributed by atoms with Crippen LogP contribution >= 0.6 is 0 Å². The monoisotopic (exact) mass is 648 g/mol. The molecule has 0 saturated carbocycles. The summed E-state index contributed by atoms with van der Waals surface area (Å²) in [6, 6.07) is 0. The number of ether oxygens (including phenoxy) is 7. The molecule has 0 heterocycles. The van der Waals surface area contributed by atoms with E-state index >= 15 is 0 Å². The Bertz CT molecular complexity index is 914. The molecule has 8 heteroatoms. The van der Waals surface area contributed by atoms with Crippen molar-refractivity contribution in [3.63, 3.8) is 0 Å². The SMILES string of the molecule is C=CC(=O)OCC(COCC=C(C)C)(COCC=C(C)C)COCC(COCC=C(C)C)(COCC=C(C)C)COCC=C(C)C. The van der Waals surface area contributed by atoms with Gasteiger partial charge in [-0.3, -0.25) is 0 Å². The van der Waals surface area contributed by atoms with Gasteiger partial charge in [0.05, 0.1) is 90.1 Å². The van der Waals surface area contributed by atoms with E-state index in [2.05, 4.69) is 6.58 Å². The summed E-state index contributed by atoms with van der Waals surface area (Å²) in [6.45, 7) is 28.3. The van der Waals surface area contributed by atoms with E-state index < -0.39 is 16.8 Å². The Balaban J connectivity index is 6.26. The minimum absolute atomic E-state index is 0.0414. The van der Waals surface area contributed by atoms with E-state index in [0.29, 0.717) is 52.9 Å². The number of carbonyl (C=O) groups excluding carboxylic acids is 1. The average Bonchev–Trinajstić information content (AvgIpc) is 2.98. The second-order valence-corrected chi connectivity index (χ2v) is 13.3. The van der Waals surface area contributed by atoms with Gasteiger partial charge in [0.25, 0.3) is 0 Å². The normalized spacial score (nSPS) is 11.3. The summed E-state index contributed by atoms with van der Waals surface area (Å²) in [6.07, 6.45) is 11.3. The third-order valence-corrected chi connectivity index (χ3v) is 6.59. The van der Waals surface area contributed by atoms with Gasteiger partial charge < -0.3 is 33.2 Å². The summed E-state index contributed by atoms with van der Waals surface area (Å²) in [5.41, 5.74) is 4.47. The Kier molecular flexibility index (Phi) is 24.4. The Morgan fingerprint density at radius 3 is 0.913 bits per heavy atom. The molecular weight excluding hydrogens is 584 g/mol. The zero-order valence-corrected chi connectivity index (χ0v) is 30.6. The first-order chi connectivity index (χ1) is 21.7. The minimum Gasteiger partial charge on any atom is -0.462 e. The Morgan fingerprint density at radius 1 is 0.435 bits per heavy atom. The minimum atomic E-state index is -0.774. The summed E-state index contributed by atoms with van der Waals surface area (Å²) in [5.74, 6) is -0.514. The van der Waals surface area contributed by atoms with Crippen LogP contribution in [-0.4, -0.2) is 91.9 Å². The topological polar surface area (TPSA) is 81.7 Å². The molecule has 46 heavy (non-hydrogen) atoms. The van der Waals surface area contributed by atoms with Gasteiger partial charge in [-0.2, -0.15) is 0 Å². The van der Waals surface area contributed by atoms with Gasteiger partial charge in [-0.25, -0.2) is 4.79 Å². The van der Waals surface area contributed by atoms with Gasteiger partial charge in [-0.1, -0.05) is 64.8 Å². The van der Waals surface area contributed by atoms with Crippen LogP contribution in [0, 0.1) is 10.8 Å². The van der Waals surface area contributed by atoms with Crippen LogP contribution in [-0.2, 0) is 38.0 Å². The lowest BCUT2D eigenvalue weighted by Gasteiger charge is -2.36. The van der Waals surface area contributed by atoms with E-state index in [0.717, 1.165) is 17.2 Å². The van der Waals surface area contributed by atoms with Gasteiger partial charge in [0.2, 0.25) is 0 Å². The van der Waals surface area contributed by atoms with Gasteiger partial charge in [0.15, 0.2) is 0 Å². The summed E-state index contributed by atoms with van der Waals surface area (Å²) >= 11 is 0. The highest BCUT2D eigenvalue weighted by molar-refractivity contribution is 5.81. The van der Waals surface area contributed by atoms with Crippen LogP contribution in [0.1, 0.15) is 69.2 Å². The van der Waals surface area contributed by atoms with Gasteiger partial charge >= 0.3 is 5.97 Å². The standard InChI is InChI=1S/C38H64O8/c1-12-36(39)46-30-38(26-43-21-16-34(8)9,27-44-22-17-35(10)11)29-45-28-37(23-40-18-13-31(2)3,24-41-19-14-32(4)5)25-42-20-15-33(6)7/h12-17H,1,18-30H2,2-11H3. The molecule has 0 fully saturated rings. The molecule has 0 aliphatic rings. The second kappa shape index (κ2) is 25.7. The Labute approximate surface area is 280 Å². The molecule has 0 aromatic heterocycles. The van der Waals surface area contributed by atoms with Crippen molar-refractivity contribution in [3.8, 4) is 0 Å². The van der Waals surface area contributed by atoms with E-state index in [-0.39, 0.29) is 33.0 Å². The lowest BCUT2D eigenvalue weighted by atomic mass is 9.90. The lowest BCUT2D eigenvalue weighted by molar-refractivity contribution is -0.155. The maximum Gasteiger partial charge on any atom is 0.330 e. The molecule has 0 saturated heterocycles. The quantitative estimate of drug-likeness (QED) is 0.0390. The average molecular weight is 649 g/mol. The fourth-order valence-electron chi connectivity index (χ4n) is 3.77. The largest absolute Gasteiger partial charge is 0.462 e. The highest BCUT2D eigenvalue weighted by atomic mass is 16.6. The van der Waals surface area contributed by atoms with Crippen LogP contribution in [0.2, 0.25) is 0 Å². The first-order valence-corrected chi connectivity index (χ1v) is 16.2. The van der Waals surface area contributed by atoms with Crippen molar-refractivity contribution in [2.75, 3.05) is 85.9 Å². The van der Waals surface area contributed by atoms with Crippen molar-refractivity contribution >= 4 is 5.97 Å². The Morgan fingerprint density at radius 2 is 0.674 bits per heavy atom. The van der Waals surface area contributed by atoms with Gasteiger partial charge in [0.1, 0.15) is 6.61 Å². The van der Waals surface area contributed by atoms with E-state index in [4.69, 9.17) is 33.2 Å². The number of allylic oxidation sites excluding steroid dienone is 5. The van der Waals surface area contributed by atoms with E-state index in [1.807, 2.05) is 99.6 Å². The molecule has 0 N–H and O–H groups in total. The molecule has 0 unspecified atom stereocenters. The number of rotatable bonds is 27. The zero-order chi connectivity index (χ0) is 34.8. The van der Waals surface area contributed by atoms with Gasteiger partial charge in [0, 0.05) is 6.08 Å². The summed E-state index contributed by atoms with van der Waals surface area (Å²) in [4.78, 5) is 12.2. The molecule has 0 aliphatic carbocycles. The van der Waals surface area contributed by atoms with E-state index in [1.165, 1.54) is 16.7 Å². The highest BCUT2D eigenvalue weighted by Gasteiger charge is 2.37. The molecule has 0 spiro atoms. The van der Waals surface area contributed by atoms with Gasteiger partial charge in [-0.15, -0.1) is 0 Å². The van der Waals surface area contributed by atoms with E-state index in [1.54, 1.807) is 0 Å². The predicted octanol–water partition coefficient (Wildman–Crippen LogP) is 7.62. The zero-order valence-electron chi connectivity index (χ0n) is 30.6. The van der Waals surface area contributed by atoms with Crippen molar-refractivity contribution < 1.29 is 38.0 Å². The number of carbonyl (C=O) groups is 1. The summed E-state index contributed by atoms with van der Waals surface area (Å²) in [7, 11) is 0. The lowest BCUT2D eigenvalue weighted by Crippen LogP contribution is -2.46. The third kappa shape index (κ3) is 23.9. The molecule has 0 radical (unpaired) electrons. The number of hydrogen-bond acceptors (Lipinski definition) is 8. The number of hydrogen-bond donors (Lipinski definition) is 0. The molecule has 0 aromatic rings. The van der Waals surface area contributed by atoms with Crippen LogP contribution in [0.5, 0.6) is 0 Å². The Hall–Kier alpha value is -2.33. The number of esters is 1. The molecular formula is C38H64O8. The van der Waals surface area contributed by atoms with Crippen LogP contribution in [0.15, 0.2) is 70.9 Å². The molecule has 0 rings (SSSR count). The fraction of sp³-hybridized carbons (Fsp3) is 0.658. The van der Waals surface area contributed by atoms with Crippen molar-refractivity contribution in [3.05, 3.63) is 70.9 Å². The highest BCUT2D eigenvalue weighted by Crippen LogP contribution is 2.26. The predicted molar refractivity (Wildman–Crippen MR) is 188 cm³/mol.